The van der Waals surface area contributed by atoms with Crippen molar-refractivity contribution >= 4 is 46.2 Å². The molecule has 0 amide bonds. The topological polar surface area (TPSA) is 90.9 Å². The van der Waals surface area contributed by atoms with Gasteiger partial charge in [0, 0.05) is 29.3 Å². The summed E-state index contributed by atoms with van der Waals surface area (Å²) in [6, 6.07) is 13.3. The van der Waals surface area contributed by atoms with Gasteiger partial charge in [0.2, 0.25) is 0 Å². The van der Waals surface area contributed by atoms with Crippen molar-refractivity contribution in [3.8, 4) is 6.07 Å². The number of anilines is 4. The highest BCUT2D eigenvalue weighted by molar-refractivity contribution is 6.32. The maximum Gasteiger partial charge on any atom is 0.159 e. The van der Waals surface area contributed by atoms with E-state index in [1.807, 2.05) is 37.1 Å². The second-order valence-electron chi connectivity index (χ2n) is 7.66. The van der Waals surface area contributed by atoms with Crippen LogP contribution in [0, 0.1) is 18.3 Å². The summed E-state index contributed by atoms with van der Waals surface area (Å²) in [6.45, 7) is 4.95. The fourth-order valence-electron chi connectivity index (χ4n) is 3.46. The minimum absolute atomic E-state index is 0.474. The molecule has 0 bridgehead atoms. The molecule has 1 heterocycles. The average molecular weight is 469 g/mol. The van der Waals surface area contributed by atoms with E-state index in [0.717, 1.165) is 41.8 Å². The van der Waals surface area contributed by atoms with Gasteiger partial charge in [0.1, 0.15) is 12.0 Å². The number of aromatic nitrogens is 2. The van der Waals surface area contributed by atoms with Crippen LogP contribution in [0.15, 0.2) is 42.7 Å². The number of hydrogen-bond acceptors (Lipinski definition) is 6. The quantitative estimate of drug-likeness (QED) is 0.402. The number of halogens is 2. The van der Waals surface area contributed by atoms with E-state index in [9.17, 15) is 5.26 Å². The van der Waals surface area contributed by atoms with Crippen LogP contribution in [0.1, 0.15) is 42.4 Å². The molecule has 166 valence electrons. The first-order valence-electron chi connectivity index (χ1n) is 10.4. The van der Waals surface area contributed by atoms with Gasteiger partial charge in [-0.25, -0.2) is 9.97 Å². The van der Waals surface area contributed by atoms with Crippen molar-refractivity contribution in [2.45, 2.75) is 32.6 Å². The van der Waals surface area contributed by atoms with E-state index >= 15 is 0 Å². The molecule has 0 aliphatic carbocycles. The monoisotopic (exact) mass is 468 g/mol. The number of benzene rings is 2. The molecule has 0 saturated carbocycles. The molecule has 3 rings (SSSR count). The number of nitriles is 1. The number of hydrogen-bond donors (Lipinski definition) is 2. The van der Waals surface area contributed by atoms with Crippen molar-refractivity contribution in [1.82, 2.24) is 9.97 Å². The third-order valence-corrected chi connectivity index (χ3v) is 5.89. The van der Waals surface area contributed by atoms with Crippen LogP contribution in [-0.4, -0.2) is 23.6 Å². The van der Waals surface area contributed by atoms with Gasteiger partial charge in [-0.2, -0.15) is 5.26 Å². The van der Waals surface area contributed by atoms with E-state index in [-0.39, 0.29) is 0 Å². The SMILES string of the molecule is CCCCN(C)c1ncnc(Nc2cc(Cl)c(C(C#N)c3ccc(Cl)cc3)cc2C)c1N. The minimum atomic E-state index is -0.504. The molecule has 0 aliphatic heterocycles. The normalized spacial score (nSPS) is 11.6. The van der Waals surface area contributed by atoms with Gasteiger partial charge in [-0.3, -0.25) is 0 Å². The summed E-state index contributed by atoms with van der Waals surface area (Å²) in [5.74, 6) is 0.693. The Morgan fingerprint density at radius 2 is 1.91 bits per heavy atom. The molecule has 3 N–H and O–H groups in total. The van der Waals surface area contributed by atoms with Gasteiger partial charge in [-0.15, -0.1) is 0 Å². The molecule has 3 aromatic rings. The summed E-state index contributed by atoms with van der Waals surface area (Å²) in [6.07, 6.45) is 3.63. The van der Waals surface area contributed by atoms with E-state index < -0.39 is 5.92 Å². The summed E-state index contributed by atoms with van der Waals surface area (Å²) in [5.41, 5.74) is 10.1. The molecule has 32 heavy (non-hydrogen) atoms. The number of nitrogens with two attached hydrogens (primary N) is 1. The second kappa shape index (κ2) is 10.5. The lowest BCUT2D eigenvalue weighted by atomic mass is 9.91. The number of nitrogens with zero attached hydrogens (tertiary/aromatic N) is 4. The van der Waals surface area contributed by atoms with Crippen LogP contribution in [-0.2, 0) is 0 Å². The molecule has 0 fully saturated rings. The summed E-state index contributed by atoms with van der Waals surface area (Å²) in [5, 5.41) is 14.2. The van der Waals surface area contributed by atoms with Gasteiger partial charge in [0.15, 0.2) is 11.6 Å². The third kappa shape index (κ3) is 5.24. The average Bonchev–Trinajstić information content (AvgIpc) is 2.78. The molecule has 1 atom stereocenters. The third-order valence-electron chi connectivity index (χ3n) is 5.31. The van der Waals surface area contributed by atoms with Crippen LogP contribution >= 0.6 is 23.2 Å². The maximum atomic E-state index is 9.81. The lowest BCUT2D eigenvalue weighted by Crippen LogP contribution is -2.21. The zero-order valence-corrected chi connectivity index (χ0v) is 19.9. The lowest BCUT2D eigenvalue weighted by molar-refractivity contribution is 0.759. The van der Waals surface area contributed by atoms with Crippen LogP contribution < -0.4 is 16.0 Å². The number of aryl methyl sites for hydroxylation is 1. The van der Waals surface area contributed by atoms with Crippen molar-refractivity contribution in [3.05, 3.63) is 69.5 Å². The molecule has 0 radical (unpaired) electrons. The first-order valence-corrected chi connectivity index (χ1v) is 11.1. The van der Waals surface area contributed by atoms with Crippen LogP contribution in [0.25, 0.3) is 0 Å². The van der Waals surface area contributed by atoms with E-state index in [2.05, 4.69) is 28.3 Å². The zero-order chi connectivity index (χ0) is 23.3. The Morgan fingerprint density at radius 3 is 2.56 bits per heavy atom. The first-order chi connectivity index (χ1) is 15.3. The van der Waals surface area contributed by atoms with Gasteiger partial charge in [-0.05, 0) is 48.2 Å². The van der Waals surface area contributed by atoms with Crippen LogP contribution in [0.2, 0.25) is 10.0 Å². The summed E-state index contributed by atoms with van der Waals surface area (Å²) < 4.78 is 0. The first kappa shape index (κ1) is 23.6. The summed E-state index contributed by atoms with van der Waals surface area (Å²) in [4.78, 5) is 10.7. The fourth-order valence-corrected chi connectivity index (χ4v) is 3.86. The Bertz CT molecular complexity index is 1120. The Morgan fingerprint density at radius 1 is 1.19 bits per heavy atom. The van der Waals surface area contributed by atoms with E-state index in [1.54, 1.807) is 18.2 Å². The number of rotatable bonds is 8. The van der Waals surface area contributed by atoms with E-state index in [0.29, 0.717) is 27.4 Å². The predicted octanol–water partition coefficient (Wildman–Crippen LogP) is 6.31. The molecule has 0 saturated heterocycles. The Hall–Kier alpha value is -3.01. The molecular formula is C24H26Cl2N6. The zero-order valence-electron chi connectivity index (χ0n) is 18.4. The Balaban J connectivity index is 1.91. The van der Waals surface area contributed by atoms with E-state index in [1.165, 1.54) is 6.33 Å². The lowest BCUT2D eigenvalue weighted by Gasteiger charge is -2.21. The molecule has 2 aromatic carbocycles. The molecule has 1 aromatic heterocycles. The van der Waals surface area contributed by atoms with Gasteiger partial charge in [-0.1, -0.05) is 54.7 Å². The fraction of sp³-hybridized carbons (Fsp3) is 0.292. The standard InChI is InChI=1S/C24H26Cl2N6/c1-4-5-10-32(3)24-22(28)23(29-14-30-24)31-21-12-20(26)18(11-15(21)2)19(13-27)16-6-8-17(25)9-7-16/h6-9,11-12,14,19H,4-5,10,28H2,1-3H3,(H,29,30,31). The highest BCUT2D eigenvalue weighted by Crippen LogP contribution is 2.36. The largest absolute Gasteiger partial charge is 0.393 e. The van der Waals surface area contributed by atoms with Gasteiger partial charge < -0.3 is 16.0 Å². The Labute approximate surface area is 199 Å². The van der Waals surface area contributed by atoms with Crippen molar-refractivity contribution in [2.75, 3.05) is 29.5 Å². The smallest absolute Gasteiger partial charge is 0.159 e. The van der Waals surface area contributed by atoms with Crippen LogP contribution in [0.4, 0.5) is 23.0 Å². The van der Waals surface area contributed by atoms with Crippen LogP contribution in [0.3, 0.4) is 0 Å². The van der Waals surface area contributed by atoms with Crippen LogP contribution in [0.5, 0.6) is 0 Å². The van der Waals surface area contributed by atoms with E-state index in [4.69, 9.17) is 28.9 Å². The summed E-state index contributed by atoms with van der Waals surface area (Å²) in [7, 11) is 1.97. The highest BCUT2D eigenvalue weighted by atomic mass is 35.5. The van der Waals surface area contributed by atoms with Gasteiger partial charge in [0.25, 0.3) is 0 Å². The van der Waals surface area contributed by atoms with Crippen molar-refractivity contribution in [3.63, 3.8) is 0 Å². The van der Waals surface area contributed by atoms with Gasteiger partial charge in [0.05, 0.1) is 12.0 Å². The minimum Gasteiger partial charge on any atom is -0.393 e. The number of nitrogens with one attached hydrogen (secondary N) is 1. The molecule has 1 unspecified atom stereocenters. The molecule has 8 heteroatoms. The summed E-state index contributed by atoms with van der Waals surface area (Å²) >= 11 is 12.6. The maximum absolute atomic E-state index is 9.81. The number of unbranched alkanes of at least 4 members (excludes halogenated alkanes) is 1. The van der Waals surface area contributed by atoms with Crippen molar-refractivity contribution in [2.24, 2.45) is 0 Å². The van der Waals surface area contributed by atoms with Gasteiger partial charge >= 0.3 is 0 Å². The molecule has 0 spiro atoms. The molecular weight excluding hydrogens is 443 g/mol. The van der Waals surface area contributed by atoms with Crippen molar-refractivity contribution < 1.29 is 0 Å². The van der Waals surface area contributed by atoms with Crippen molar-refractivity contribution in [1.29, 1.82) is 5.26 Å². The highest BCUT2D eigenvalue weighted by Gasteiger charge is 2.19. The molecule has 6 nitrogen and oxygen atoms in total. The molecule has 0 aliphatic rings. The Kier molecular flexibility index (Phi) is 7.79. The second-order valence-corrected chi connectivity index (χ2v) is 8.51. The number of nitrogen functional groups attached to an aromatic ring is 1. The predicted molar refractivity (Wildman–Crippen MR) is 133 cm³/mol.